The topological polar surface area (TPSA) is 71.0 Å². The van der Waals surface area contributed by atoms with E-state index in [0.29, 0.717) is 13.0 Å². The highest BCUT2D eigenvalue weighted by Crippen LogP contribution is 2.27. The minimum Gasteiger partial charge on any atom is -0.444 e. The summed E-state index contributed by atoms with van der Waals surface area (Å²) in [5.41, 5.74) is 2.90. The zero-order chi connectivity index (χ0) is 16.5. The van der Waals surface area contributed by atoms with Gasteiger partial charge in [0.15, 0.2) is 5.78 Å². The molecule has 0 atom stereocenters. The first-order chi connectivity index (χ1) is 10.2. The number of carbonyl (C=O) groups is 2. The molecule has 0 radical (unpaired) electrons. The van der Waals surface area contributed by atoms with Crippen molar-refractivity contribution >= 4 is 18.1 Å². The number of Topliss-reactive ketones (excluding diaryl/α,β-unsaturated/α-hetero) is 1. The van der Waals surface area contributed by atoms with Gasteiger partial charge >= 0.3 is 6.09 Å². The predicted molar refractivity (Wildman–Crippen MR) is 84.7 cm³/mol. The number of aliphatic imine (C=N–C) groups is 1. The summed E-state index contributed by atoms with van der Waals surface area (Å²) in [6, 6.07) is 0. The van der Waals surface area contributed by atoms with Crippen molar-refractivity contribution in [2.24, 2.45) is 4.99 Å². The number of ketones is 1. The lowest BCUT2D eigenvalue weighted by molar-refractivity contribution is -0.117. The largest absolute Gasteiger partial charge is 0.444 e. The van der Waals surface area contributed by atoms with Crippen LogP contribution in [0.3, 0.4) is 0 Å². The molecule has 22 heavy (non-hydrogen) atoms. The number of carbonyl (C=O) groups excluding carboxylic acids is 2. The molecule has 2 heterocycles. The summed E-state index contributed by atoms with van der Waals surface area (Å²) in [5, 5.41) is 3.22. The Bertz CT molecular complexity index is 594. The fourth-order valence-corrected chi connectivity index (χ4v) is 2.46. The molecule has 2 rings (SSSR count). The molecule has 0 spiro atoms. The maximum absolute atomic E-state index is 12.3. The summed E-state index contributed by atoms with van der Waals surface area (Å²) in [7, 11) is 1.70. The van der Waals surface area contributed by atoms with Crippen LogP contribution in [-0.4, -0.2) is 48.7 Å². The summed E-state index contributed by atoms with van der Waals surface area (Å²) in [6.45, 7) is 7.82. The van der Waals surface area contributed by atoms with Gasteiger partial charge in [0.1, 0.15) is 5.60 Å². The lowest BCUT2D eigenvalue weighted by atomic mass is 9.93. The molecule has 1 N–H and O–H groups in total. The third kappa shape index (κ3) is 3.55. The van der Waals surface area contributed by atoms with Crippen LogP contribution in [0.1, 0.15) is 34.1 Å². The molecule has 2 aliphatic rings. The highest BCUT2D eigenvalue weighted by molar-refractivity contribution is 6.01. The Morgan fingerprint density at radius 3 is 2.64 bits per heavy atom. The van der Waals surface area contributed by atoms with E-state index in [4.69, 9.17) is 4.74 Å². The molecule has 120 valence electrons. The molecule has 6 heteroatoms. The van der Waals surface area contributed by atoms with Gasteiger partial charge in [-0.3, -0.25) is 14.7 Å². The van der Waals surface area contributed by atoms with Gasteiger partial charge in [0, 0.05) is 31.0 Å². The third-order valence-corrected chi connectivity index (χ3v) is 3.48. The van der Waals surface area contributed by atoms with Crippen molar-refractivity contribution in [3.8, 4) is 0 Å². The van der Waals surface area contributed by atoms with E-state index < -0.39 is 11.7 Å². The summed E-state index contributed by atoms with van der Waals surface area (Å²) in [6.07, 6.45) is 1.87. The Kier molecular flexibility index (Phi) is 4.39. The van der Waals surface area contributed by atoms with Gasteiger partial charge in [0.25, 0.3) is 0 Å². The molecule has 0 bridgehead atoms. The van der Waals surface area contributed by atoms with E-state index in [1.165, 1.54) is 4.90 Å². The van der Waals surface area contributed by atoms with Crippen LogP contribution in [-0.2, 0) is 9.53 Å². The Hall–Kier alpha value is -2.11. The van der Waals surface area contributed by atoms with Crippen LogP contribution < -0.4 is 5.32 Å². The molecule has 0 aromatic heterocycles. The molecule has 0 fully saturated rings. The van der Waals surface area contributed by atoms with Gasteiger partial charge in [0.2, 0.25) is 0 Å². The third-order valence-electron chi connectivity index (χ3n) is 3.48. The average Bonchev–Trinajstić information content (AvgIpc) is 2.38. The van der Waals surface area contributed by atoms with Crippen LogP contribution in [0.4, 0.5) is 4.79 Å². The summed E-state index contributed by atoms with van der Waals surface area (Å²) < 4.78 is 5.35. The highest BCUT2D eigenvalue weighted by atomic mass is 16.6. The van der Waals surface area contributed by atoms with E-state index in [2.05, 4.69) is 10.3 Å². The van der Waals surface area contributed by atoms with Crippen LogP contribution in [0.15, 0.2) is 27.5 Å². The average molecular weight is 305 g/mol. The van der Waals surface area contributed by atoms with Gasteiger partial charge in [0.05, 0.1) is 18.8 Å². The quantitative estimate of drug-likeness (QED) is 0.752. The van der Waals surface area contributed by atoms with Crippen molar-refractivity contribution in [2.75, 3.05) is 20.1 Å². The molecule has 0 aromatic rings. The zero-order valence-electron chi connectivity index (χ0n) is 13.8. The number of rotatable bonds is 1. The summed E-state index contributed by atoms with van der Waals surface area (Å²) in [4.78, 5) is 29.9. The molecule has 0 aromatic carbocycles. The van der Waals surface area contributed by atoms with E-state index in [-0.39, 0.29) is 12.3 Å². The second-order valence-electron chi connectivity index (χ2n) is 6.60. The summed E-state index contributed by atoms with van der Waals surface area (Å²) >= 11 is 0. The number of amides is 1. The van der Waals surface area contributed by atoms with Crippen LogP contribution in [0.5, 0.6) is 0 Å². The van der Waals surface area contributed by atoms with Gasteiger partial charge < -0.3 is 10.1 Å². The van der Waals surface area contributed by atoms with Crippen LogP contribution in [0.2, 0.25) is 0 Å². The summed E-state index contributed by atoms with van der Waals surface area (Å²) in [5.74, 6) is -0.0357. The number of nitrogens with zero attached hydrogens (tertiary/aromatic N) is 2. The van der Waals surface area contributed by atoms with Crippen molar-refractivity contribution < 1.29 is 14.3 Å². The molecule has 0 aliphatic carbocycles. The molecule has 0 unspecified atom stereocenters. The van der Waals surface area contributed by atoms with Gasteiger partial charge in [-0.25, -0.2) is 4.79 Å². The Morgan fingerprint density at radius 1 is 1.36 bits per heavy atom. The fraction of sp³-hybridized carbons (Fsp3) is 0.562. The van der Waals surface area contributed by atoms with Gasteiger partial charge in [-0.1, -0.05) is 0 Å². The smallest absolute Gasteiger partial charge is 0.411 e. The van der Waals surface area contributed by atoms with Crippen LogP contribution >= 0.6 is 0 Å². The standard InChI is InChI=1S/C16H23N3O3/c1-10-6-11-13(18-12(10)7-17-5)8-19(9-14(11)20)15(21)22-16(2,3)4/h7,18H,6,8-9H2,1-5H3. The number of ether oxygens (including phenoxy) is 1. The Balaban J connectivity index is 2.16. The van der Waals surface area contributed by atoms with Gasteiger partial charge in [-0.15, -0.1) is 0 Å². The van der Waals surface area contributed by atoms with Crippen molar-refractivity contribution in [1.29, 1.82) is 0 Å². The monoisotopic (exact) mass is 305 g/mol. The first kappa shape index (κ1) is 16.3. The molecule has 0 saturated carbocycles. The van der Waals surface area contributed by atoms with Crippen LogP contribution in [0, 0.1) is 0 Å². The molecule has 6 nitrogen and oxygen atoms in total. The molecule has 1 amide bonds. The van der Waals surface area contributed by atoms with E-state index >= 15 is 0 Å². The highest BCUT2D eigenvalue weighted by Gasteiger charge is 2.33. The van der Waals surface area contributed by atoms with E-state index in [0.717, 1.165) is 22.5 Å². The second-order valence-corrected chi connectivity index (χ2v) is 6.60. The van der Waals surface area contributed by atoms with Crippen molar-refractivity contribution in [2.45, 2.75) is 39.7 Å². The van der Waals surface area contributed by atoms with E-state index in [1.807, 2.05) is 27.7 Å². The first-order valence-electron chi connectivity index (χ1n) is 7.33. The molecule has 0 saturated heterocycles. The number of hydrogen-bond acceptors (Lipinski definition) is 5. The number of hydrogen-bond donors (Lipinski definition) is 1. The van der Waals surface area contributed by atoms with Gasteiger partial charge in [-0.2, -0.15) is 0 Å². The molecule has 2 aliphatic heterocycles. The Morgan fingerprint density at radius 2 is 2.05 bits per heavy atom. The number of dihydropyridines is 1. The lowest BCUT2D eigenvalue weighted by Gasteiger charge is -2.34. The fourth-order valence-electron chi connectivity index (χ4n) is 2.46. The number of allylic oxidation sites excluding steroid dienone is 2. The van der Waals surface area contributed by atoms with Crippen molar-refractivity contribution in [3.63, 3.8) is 0 Å². The molecular weight excluding hydrogens is 282 g/mol. The van der Waals surface area contributed by atoms with Crippen molar-refractivity contribution in [1.82, 2.24) is 10.2 Å². The zero-order valence-corrected chi connectivity index (χ0v) is 13.8. The van der Waals surface area contributed by atoms with Crippen LogP contribution in [0.25, 0.3) is 0 Å². The maximum atomic E-state index is 12.3. The normalized spacial score (nSPS) is 19.5. The maximum Gasteiger partial charge on any atom is 0.411 e. The Labute approximate surface area is 130 Å². The minimum atomic E-state index is -0.578. The second kappa shape index (κ2) is 5.94. The minimum absolute atomic E-state index is 0.0357. The van der Waals surface area contributed by atoms with E-state index in [1.54, 1.807) is 13.3 Å². The predicted octanol–water partition coefficient (Wildman–Crippen LogP) is 2.03. The van der Waals surface area contributed by atoms with E-state index in [9.17, 15) is 9.59 Å². The number of nitrogens with one attached hydrogen (secondary N) is 1. The van der Waals surface area contributed by atoms with Crippen molar-refractivity contribution in [3.05, 3.63) is 22.5 Å². The SMILES string of the molecule is CN=CC1=C(C)CC2=C(CN(C(=O)OC(C)(C)C)CC2=O)N1. The van der Waals surface area contributed by atoms with Gasteiger partial charge in [-0.05, 0) is 33.3 Å². The molecular formula is C16H23N3O3. The first-order valence-corrected chi connectivity index (χ1v) is 7.33. The lowest BCUT2D eigenvalue weighted by Crippen LogP contribution is -2.47.